The lowest BCUT2D eigenvalue weighted by molar-refractivity contribution is -0.384. The Bertz CT molecular complexity index is 413. The molecule has 0 spiro atoms. The van der Waals surface area contributed by atoms with Crippen molar-refractivity contribution in [2.75, 3.05) is 6.26 Å². The van der Waals surface area contributed by atoms with Crippen molar-refractivity contribution in [1.29, 1.82) is 0 Å². The zero-order chi connectivity index (χ0) is 11.4. The number of non-ortho nitro benzene ring substituents is 1. The van der Waals surface area contributed by atoms with Gasteiger partial charge in [0.25, 0.3) is 10.8 Å². The van der Waals surface area contributed by atoms with Crippen LogP contribution < -0.4 is 0 Å². The third-order valence-electron chi connectivity index (χ3n) is 1.71. The predicted octanol–water partition coefficient (Wildman–Crippen LogP) is 1.67. The van der Waals surface area contributed by atoms with Crippen molar-refractivity contribution in [3.63, 3.8) is 0 Å². The number of hydrogen-bond donors (Lipinski definition) is 0. The molecule has 78 valence electrons. The number of rotatable bonds is 3. The number of Topliss-reactive ketones (excluding diaryl/α,β-unsaturated/α-hetero) is 1. The Morgan fingerprint density at radius 1 is 1.27 bits per heavy atom. The molecular weight excluding hydrogens is 218 g/mol. The van der Waals surface area contributed by atoms with E-state index in [4.69, 9.17) is 0 Å². The first kappa shape index (κ1) is 11.4. The van der Waals surface area contributed by atoms with Crippen molar-refractivity contribution in [3.8, 4) is 0 Å². The molecule has 0 aliphatic rings. The lowest BCUT2D eigenvalue weighted by Gasteiger charge is -1.96. The molecule has 0 atom stereocenters. The van der Waals surface area contributed by atoms with Crippen LogP contribution >= 0.6 is 11.8 Å². The van der Waals surface area contributed by atoms with E-state index in [1.165, 1.54) is 30.5 Å². The van der Waals surface area contributed by atoms with Crippen LogP contribution in [0.4, 0.5) is 5.69 Å². The Hall–Kier alpha value is -1.69. The molecule has 0 radical (unpaired) electrons. The zero-order valence-electron chi connectivity index (χ0n) is 7.80. The summed E-state index contributed by atoms with van der Waals surface area (Å²) >= 11 is 0.816. The molecular formula is C9H7NO4S. The highest BCUT2D eigenvalue weighted by Crippen LogP contribution is 2.13. The highest BCUT2D eigenvalue weighted by Gasteiger charge is 2.15. The third-order valence-corrected chi connectivity index (χ3v) is 2.27. The summed E-state index contributed by atoms with van der Waals surface area (Å²) in [6.45, 7) is 0. The Kier molecular flexibility index (Phi) is 3.56. The average molecular weight is 225 g/mol. The van der Waals surface area contributed by atoms with E-state index in [0.29, 0.717) is 0 Å². The molecule has 0 amide bonds. The molecule has 1 rings (SSSR count). The highest BCUT2D eigenvalue weighted by atomic mass is 32.2. The van der Waals surface area contributed by atoms with Gasteiger partial charge in [0.05, 0.1) is 4.92 Å². The molecule has 6 heteroatoms. The van der Waals surface area contributed by atoms with E-state index in [1.807, 2.05) is 0 Å². The van der Waals surface area contributed by atoms with E-state index >= 15 is 0 Å². The minimum atomic E-state index is -0.641. The molecule has 0 fully saturated rings. The van der Waals surface area contributed by atoms with Crippen LogP contribution in [0.25, 0.3) is 0 Å². The molecule has 1 aromatic carbocycles. The summed E-state index contributed by atoms with van der Waals surface area (Å²) in [4.78, 5) is 32.1. The molecule has 0 saturated heterocycles. The largest absolute Gasteiger partial charge is 0.284 e. The SMILES string of the molecule is CSC(=O)C(=O)c1ccc([N+](=O)[O-])cc1. The van der Waals surface area contributed by atoms with Gasteiger partial charge in [0.1, 0.15) is 0 Å². The smallest absolute Gasteiger partial charge is 0.269 e. The minimum Gasteiger partial charge on any atom is -0.284 e. The van der Waals surface area contributed by atoms with Crippen LogP contribution in [0.1, 0.15) is 10.4 Å². The van der Waals surface area contributed by atoms with E-state index in [0.717, 1.165) is 11.8 Å². The van der Waals surface area contributed by atoms with E-state index in [-0.39, 0.29) is 11.3 Å². The molecule has 5 nitrogen and oxygen atoms in total. The van der Waals surface area contributed by atoms with Gasteiger partial charge in [0, 0.05) is 17.7 Å². The van der Waals surface area contributed by atoms with Crippen molar-refractivity contribution in [1.82, 2.24) is 0 Å². The summed E-state index contributed by atoms with van der Waals surface area (Å²) in [6, 6.07) is 4.94. The molecule has 0 aliphatic carbocycles. The van der Waals surface area contributed by atoms with Gasteiger partial charge in [-0.25, -0.2) is 0 Å². The van der Waals surface area contributed by atoms with Crippen molar-refractivity contribution in [2.45, 2.75) is 0 Å². The summed E-state index contributed by atoms with van der Waals surface area (Å²) in [5.41, 5.74) is 0.0584. The lowest BCUT2D eigenvalue weighted by Crippen LogP contribution is -2.09. The molecule has 0 heterocycles. The Morgan fingerprint density at radius 2 is 1.80 bits per heavy atom. The molecule has 1 aromatic rings. The Morgan fingerprint density at radius 3 is 2.20 bits per heavy atom. The first-order valence-corrected chi connectivity index (χ1v) is 5.16. The second-order valence-electron chi connectivity index (χ2n) is 2.62. The van der Waals surface area contributed by atoms with Crippen LogP contribution in [0.15, 0.2) is 24.3 Å². The second kappa shape index (κ2) is 4.70. The van der Waals surface area contributed by atoms with Crippen LogP contribution in [-0.4, -0.2) is 22.1 Å². The third kappa shape index (κ3) is 2.63. The topological polar surface area (TPSA) is 77.3 Å². The number of carbonyl (C=O) groups excluding carboxylic acids is 2. The van der Waals surface area contributed by atoms with Gasteiger partial charge in [0.15, 0.2) is 0 Å². The molecule has 0 saturated carbocycles. The number of nitro benzene ring substituents is 1. The lowest BCUT2D eigenvalue weighted by atomic mass is 10.1. The normalized spacial score (nSPS) is 9.67. The molecule has 0 bridgehead atoms. The average Bonchev–Trinajstić information content (AvgIpc) is 2.27. The minimum absolute atomic E-state index is 0.108. The number of nitro groups is 1. The number of carbonyl (C=O) groups is 2. The quantitative estimate of drug-likeness (QED) is 0.338. The van der Waals surface area contributed by atoms with E-state index in [2.05, 4.69) is 0 Å². The maximum Gasteiger partial charge on any atom is 0.269 e. The maximum atomic E-state index is 11.3. The Labute approximate surface area is 89.6 Å². The van der Waals surface area contributed by atoms with Crippen LogP contribution in [-0.2, 0) is 4.79 Å². The first-order chi connectivity index (χ1) is 7.06. The van der Waals surface area contributed by atoms with Gasteiger partial charge in [0.2, 0.25) is 5.78 Å². The highest BCUT2D eigenvalue weighted by molar-refractivity contribution is 8.14. The van der Waals surface area contributed by atoms with Crippen molar-refractivity contribution in [2.24, 2.45) is 0 Å². The monoisotopic (exact) mass is 225 g/mol. The number of thioether (sulfide) groups is 1. The van der Waals surface area contributed by atoms with Gasteiger partial charge in [-0.3, -0.25) is 19.7 Å². The fraction of sp³-hybridized carbons (Fsp3) is 0.111. The maximum absolute atomic E-state index is 11.3. The van der Waals surface area contributed by atoms with Crippen molar-refractivity contribution >= 4 is 28.3 Å². The van der Waals surface area contributed by atoms with Crippen LogP contribution in [0.3, 0.4) is 0 Å². The molecule has 0 unspecified atom stereocenters. The van der Waals surface area contributed by atoms with Gasteiger partial charge in [-0.1, -0.05) is 11.8 Å². The fourth-order valence-corrected chi connectivity index (χ4v) is 1.25. The number of benzene rings is 1. The molecule has 15 heavy (non-hydrogen) atoms. The van der Waals surface area contributed by atoms with Crippen LogP contribution in [0, 0.1) is 10.1 Å². The summed E-state index contributed by atoms with van der Waals surface area (Å²) in [5, 5.41) is 9.74. The first-order valence-electron chi connectivity index (χ1n) is 3.93. The van der Waals surface area contributed by atoms with Gasteiger partial charge < -0.3 is 0 Å². The van der Waals surface area contributed by atoms with E-state index < -0.39 is 15.8 Å². The van der Waals surface area contributed by atoms with E-state index in [9.17, 15) is 19.7 Å². The van der Waals surface area contributed by atoms with Crippen molar-refractivity contribution in [3.05, 3.63) is 39.9 Å². The predicted molar refractivity (Wildman–Crippen MR) is 55.9 cm³/mol. The summed E-state index contributed by atoms with van der Waals surface area (Å²) in [6.07, 6.45) is 1.51. The number of ketones is 1. The Balaban J connectivity index is 2.94. The summed E-state index contributed by atoms with van der Waals surface area (Å²) < 4.78 is 0. The summed E-state index contributed by atoms with van der Waals surface area (Å²) in [7, 11) is 0. The fourth-order valence-electron chi connectivity index (χ4n) is 0.945. The number of hydrogen-bond acceptors (Lipinski definition) is 5. The van der Waals surface area contributed by atoms with Gasteiger partial charge in [-0.05, 0) is 18.4 Å². The van der Waals surface area contributed by atoms with Crippen molar-refractivity contribution < 1.29 is 14.5 Å². The van der Waals surface area contributed by atoms with Gasteiger partial charge >= 0.3 is 0 Å². The standard InChI is InChI=1S/C9H7NO4S/c1-15-9(12)8(11)6-2-4-7(5-3-6)10(13)14/h2-5H,1H3. The molecule has 0 aliphatic heterocycles. The van der Waals surface area contributed by atoms with Gasteiger partial charge in [-0.15, -0.1) is 0 Å². The van der Waals surface area contributed by atoms with Gasteiger partial charge in [-0.2, -0.15) is 0 Å². The van der Waals surface area contributed by atoms with Crippen LogP contribution in [0.5, 0.6) is 0 Å². The van der Waals surface area contributed by atoms with Crippen LogP contribution in [0.2, 0.25) is 0 Å². The molecule has 0 N–H and O–H groups in total. The van der Waals surface area contributed by atoms with E-state index in [1.54, 1.807) is 0 Å². The zero-order valence-corrected chi connectivity index (χ0v) is 8.61. The summed E-state index contributed by atoms with van der Waals surface area (Å²) in [5.74, 6) is -0.641. The second-order valence-corrected chi connectivity index (χ2v) is 3.40. The molecule has 0 aromatic heterocycles. The number of nitrogens with zero attached hydrogens (tertiary/aromatic N) is 1.